The smallest absolute Gasteiger partial charge is 0.261 e. The van der Waals surface area contributed by atoms with Gasteiger partial charge < -0.3 is 4.43 Å². The summed E-state index contributed by atoms with van der Waals surface area (Å²) in [5.74, 6) is 0.702. The topological polar surface area (TPSA) is 26.3 Å². The van der Waals surface area contributed by atoms with Gasteiger partial charge in [-0.05, 0) is 45.0 Å². The zero-order valence-electron chi connectivity index (χ0n) is 21.3. The molecule has 2 aliphatic rings. The zero-order chi connectivity index (χ0) is 23.9. The molecule has 0 unspecified atom stereocenters. The molecule has 0 spiro atoms. The number of allylic oxidation sites excluding steroid dienone is 1. The molecule has 2 aromatic carbocycles. The molecule has 0 heterocycles. The molecular formula is C30H40O2Si. The molecule has 0 N–H and O–H groups in total. The van der Waals surface area contributed by atoms with Crippen LogP contribution in [-0.4, -0.2) is 20.7 Å². The van der Waals surface area contributed by atoms with Gasteiger partial charge in [-0.15, -0.1) is 0 Å². The number of benzene rings is 2. The number of carbonyl (C=O) groups excluding carboxylic acids is 1. The van der Waals surface area contributed by atoms with E-state index in [-0.39, 0.29) is 21.7 Å². The van der Waals surface area contributed by atoms with Crippen LogP contribution in [0, 0.1) is 16.7 Å². The van der Waals surface area contributed by atoms with Crippen LogP contribution < -0.4 is 10.4 Å². The average Bonchev–Trinajstić information content (AvgIpc) is 2.76. The fraction of sp³-hybridized carbons (Fsp3) is 0.500. The Balaban J connectivity index is 1.75. The zero-order valence-corrected chi connectivity index (χ0v) is 22.3. The molecule has 1 saturated carbocycles. The van der Waals surface area contributed by atoms with Crippen molar-refractivity contribution in [3.8, 4) is 0 Å². The lowest BCUT2D eigenvalue weighted by Crippen LogP contribution is -2.66. The lowest BCUT2D eigenvalue weighted by atomic mass is 9.53. The van der Waals surface area contributed by atoms with Gasteiger partial charge in [0.2, 0.25) is 0 Å². The third-order valence-electron chi connectivity index (χ3n) is 8.39. The summed E-state index contributed by atoms with van der Waals surface area (Å²) >= 11 is 0. The minimum atomic E-state index is -2.65. The van der Waals surface area contributed by atoms with Gasteiger partial charge in [-0.1, -0.05) is 115 Å². The first-order chi connectivity index (χ1) is 15.5. The van der Waals surface area contributed by atoms with Crippen molar-refractivity contribution in [3.05, 3.63) is 72.3 Å². The van der Waals surface area contributed by atoms with Crippen LogP contribution in [0.2, 0.25) is 5.04 Å². The molecule has 2 aliphatic carbocycles. The summed E-state index contributed by atoms with van der Waals surface area (Å²) in [5.41, 5.74) is 1.18. The maximum Gasteiger partial charge on any atom is 0.261 e. The largest absolute Gasteiger partial charge is 0.403 e. The first-order valence-corrected chi connectivity index (χ1v) is 14.4. The normalized spacial score (nSPS) is 25.3. The van der Waals surface area contributed by atoms with E-state index in [9.17, 15) is 4.79 Å². The Labute approximate surface area is 201 Å². The first kappa shape index (κ1) is 24.2. The molecule has 0 radical (unpaired) electrons. The van der Waals surface area contributed by atoms with Gasteiger partial charge in [0.05, 0.1) is 6.61 Å². The number of hydrogen-bond donors (Lipinski definition) is 0. The molecule has 4 rings (SSSR count). The molecule has 0 aromatic heterocycles. The van der Waals surface area contributed by atoms with E-state index >= 15 is 0 Å². The number of fused-ring (bicyclic) bond motifs is 1. The molecule has 2 nitrogen and oxygen atoms in total. The monoisotopic (exact) mass is 460 g/mol. The number of rotatable bonds is 5. The summed E-state index contributed by atoms with van der Waals surface area (Å²) in [6.07, 6.45) is 6.56. The number of carbonyl (C=O) groups is 1. The number of ketones is 1. The van der Waals surface area contributed by atoms with Gasteiger partial charge in [0.25, 0.3) is 8.32 Å². The van der Waals surface area contributed by atoms with Crippen LogP contribution in [0.5, 0.6) is 0 Å². The highest BCUT2D eigenvalue weighted by molar-refractivity contribution is 6.99. The Kier molecular flexibility index (Phi) is 6.35. The van der Waals surface area contributed by atoms with E-state index < -0.39 is 8.32 Å². The van der Waals surface area contributed by atoms with Crippen LogP contribution in [0.1, 0.15) is 67.2 Å². The first-order valence-electron chi connectivity index (χ1n) is 12.5. The SMILES string of the molecule is CC1(C)CCC[C@]2(C)C=C(CO[Si](c3ccccc3)(c3ccccc3)C(C)(C)C)C(=O)C[C@@H]12. The molecule has 176 valence electrons. The maximum absolute atomic E-state index is 13.4. The predicted octanol–water partition coefficient (Wildman–Crippen LogP) is 6.29. The van der Waals surface area contributed by atoms with Crippen molar-refractivity contribution in [1.82, 2.24) is 0 Å². The van der Waals surface area contributed by atoms with E-state index in [1.165, 1.54) is 23.2 Å². The predicted molar refractivity (Wildman–Crippen MR) is 141 cm³/mol. The summed E-state index contributed by atoms with van der Waals surface area (Å²) in [4.78, 5) is 13.4. The lowest BCUT2D eigenvalue weighted by molar-refractivity contribution is -0.121. The van der Waals surface area contributed by atoms with Crippen LogP contribution in [0.4, 0.5) is 0 Å². The fourth-order valence-corrected chi connectivity index (χ4v) is 11.2. The maximum atomic E-state index is 13.4. The van der Waals surface area contributed by atoms with E-state index in [4.69, 9.17) is 4.43 Å². The van der Waals surface area contributed by atoms with Crippen molar-refractivity contribution in [2.45, 2.75) is 72.3 Å². The molecule has 0 aliphatic heterocycles. The second kappa shape index (κ2) is 8.67. The molecule has 0 amide bonds. The van der Waals surface area contributed by atoms with E-state index in [0.29, 0.717) is 18.9 Å². The van der Waals surface area contributed by atoms with Gasteiger partial charge in [-0.25, -0.2) is 0 Å². The minimum Gasteiger partial charge on any atom is -0.403 e. The Morgan fingerprint density at radius 1 is 0.909 bits per heavy atom. The summed E-state index contributed by atoms with van der Waals surface area (Å²) < 4.78 is 7.10. The van der Waals surface area contributed by atoms with Gasteiger partial charge in [-0.2, -0.15) is 0 Å². The van der Waals surface area contributed by atoms with Gasteiger partial charge in [0.15, 0.2) is 5.78 Å². The minimum absolute atomic E-state index is 0.0831. The summed E-state index contributed by atoms with van der Waals surface area (Å²) in [6, 6.07) is 21.4. The van der Waals surface area contributed by atoms with Gasteiger partial charge in [-0.3, -0.25) is 4.79 Å². The van der Waals surface area contributed by atoms with E-state index in [1.807, 2.05) is 0 Å². The highest BCUT2D eigenvalue weighted by Gasteiger charge is 2.52. The van der Waals surface area contributed by atoms with Crippen LogP contribution in [0.3, 0.4) is 0 Å². The molecule has 33 heavy (non-hydrogen) atoms. The van der Waals surface area contributed by atoms with E-state index in [1.54, 1.807) is 0 Å². The molecule has 1 fully saturated rings. The Morgan fingerprint density at radius 3 is 1.97 bits per heavy atom. The average molecular weight is 461 g/mol. The van der Waals surface area contributed by atoms with Crippen molar-refractivity contribution in [1.29, 1.82) is 0 Å². The highest BCUT2D eigenvalue weighted by atomic mass is 28.4. The molecule has 0 bridgehead atoms. The number of hydrogen-bond acceptors (Lipinski definition) is 2. The van der Waals surface area contributed by atoms with Gasteiger partial charge in [0.1, 0.15) is 0 Å². The van der Waals surface area contributed by atoms with Gasteiger partial charge in [0, 0.05) is 12.0 Å². The van der Waals surface area contributed by atoms with Crippen molar-refractivity contribution in [2.24, 2.45) is 16.7 Å². The third-order valence-corrected chi connectivity index (χ3v) is 13.4. The van der Waals surface area contributed by atoms with Crippen molar-refractivity contribution in [3.63, 3.8) is 0 Å². The third kappa shape index (κ3) is 4.30. The van der Waals surface area contributed by atoms with Crippen LogP contribution in [0.25, 0.3) is 0 Å². The molecule has 0 saturated heterocycles. The van der Waals surface area contributed by atoms with Crippen molar-refractivity contribution in [2.75, 3.05) is 6.61 Å². The molecular weight excluding hydrogens is 420 g/mol. The molecule has 2 atom stereocenters. The summed E-state index contributed by atoms with van der Waals surface area (Å²) in [5, 5.41) is 2.43. The Bertz CT molecular complexity index is 977. The summed E-state index contributed by atoms with van der Waals surface area (Å²) in [7, 11) is -2.65. The quantitative estimate of drug-likeness (QED) is 0.490. The van der Waals surface area contributed by atoms with Crippen molar-refractivity contribution < 1.29 is 9.22 Å². The Morgan fingerprint density at radius 2 is 1.45 bits per heavy atom. The second-order valence-electron chi connectivity index (χ2n) is 12.1. The Hall–Kier alpha value is -1.97. The molecule has 3 heteroatoms. The fourth-order valence-electron chi connectivity index (χ4n) is 6.71. The second-order valence-corrected chi connectivity index (χ2v) is 16.5. The van der Waals surface area contributed by atoms with E-state index in [2.05, 4.69) is 108 Å². The summed E-state index contributed by atoms with van der Waals surface area (Å²) in [6.45, 7) is 14.3. The standard InChI is InChI=1S/C30H40O2Si/c1-28(2,3)33(24-14-9-7-10-15-24,25-16-11-8-12-17-25)32-22-23-21-30(6)19-13-18-29(4,5)27(30)20-26(23)31/h7-12,14-17,21,27H,13,18-20,22H2,1-6H3/t27-,30+/m0/s1. The molecule has 2 aromatic rings. The van der Waals surface area contributed by atoms with Crippen LogP contribution >= 0.6 is 0 Å². The van der Waals surface area contributed by atoms with Crippen molar-refractivity contribution >= 4 is 24.5 Å². The van der Waals surface area contributed by atoms with Gasteiger partial charge >= 0.3 is 0 Å². The highest BCUT2D eigenvalue weighted by Crippen LogP contribution is 2.55. The lowest BCUT2D eigenvalue weighted by Gasteiger charge is -2.52. The van der Waals surface area contributed by atoms with E-state index in [0.717, 1.165) is 12.0 Å². The number of Topliss-reactive ketones (excluding diaryl/α,β-unsaturated/α-hetero) is 1. The van der Waals surface area contributed by atoms with Crippen LogP contribution in [0.15, 0.2) is 72.3 Å². The van der Waals surface area contributed by atoms with Crippen LogP contribution in [-0.2, 0) is 9.22 Å².